The molecule has 2 aromatic rings. The second kappa shape index (κ2) is 5.89. The third-order valence-corrected chi connectivity index (χ3v) is 4.15. The summed E-state index contributed by atoms with van der Waals surface area (Å²) in [6.07, 6.45) is 6.03. The second-order valence-electron chi connectivity index (χ2n) is 5.05. The van der Waals surface area contributed by atoms with Gasteiger partial charge in [-0.3, -0.25) is 0 Å². The number of aromatic nitrogens is 2. The van der Waals surface area contributed by atoms with Crippen LogP contribution >= 0.6 is 11.8 Å². The van der Waals surface area contributed by atoms with Crippen LogP contribution in [0, 0.1) is 12.7 Å². The highest BCUT2D eigenvalue weighted by Crippen LogP contribution is 2.29. The molecule has 1 N–H and O–H groups in total. The van der Waals surface area contributed by atoms with Crippen LogP contribution in [0.25, 0.3) is 0 Å². The lowest BCUT2D eigenvalue weighted by atomic mass is 10.2. The molecule has 0 radical (unpaired) electrons. The normalized spacial score (nSPS) is 14.5. The van der Waals surface area contributed by atoms with Gasteiger partial charge in [0.15, 0.2) is 5.16 Å². The molecule has 5 heteroatoms. The molecule has 0 unspecified atom stereocenters. The first kappa shape index (κ1) is 13.5. The molecule has 1 aliphatic carbocycles. The van der Waals surface area contributed by atoms with Crippen molar-refractivity contribution in [3.05, 3.63) is 47.5 Å². The monoisotopic (exact) mass is 289 g/mol. The summed E-state index contributed by atoms with van der Waals surface area (Å²) in [5.41, 5.74) is 2.00. The number of nitrogens with one attached hydrogen (secondary N) is 1. The fourth-order valence-corrected chi connectivity index (χ4v) is 2.67. The largest absolute Gasteiger partial charge is 0.310 e. The van der Waals surface area contributed by atoms with Gasteiger partial charge in [-0.15, -0.1) is 0 Å². The minimum atomic E-state index is -0.202. The van der Waals surface area contributed by atoms with Crippen molar-refractivity contribution in [3.8, 4) is 0 Å². The van der Waals surface area contributed by atoms with E-state index in [2.05, 4.69) is 15.3 Å². The maximum Gasteiger partial charge on any atom is 0.192 e. The van der Waals surface area contributed by atoms with Crippen molar-refractivity contribution in [3.63, 3.8) is 0 Å². The molecule has 1 aromatic carbocycles. The van der Waals surface area contributed by atoms with Crippen LogP contribution in [-0.2, 0) is 6.54 Å². The number of hydrogen-bond acceptors (Lipinski definition) is 4. The molecule has 20 heavy (non-hydrogen) atoms. The van der Waals surface area contributed by atoms with E-state index in [4.69, 9.17) is 0 Å². The van der Waals surface area contributed by atoms with Crippen LogP contribution in [-0.4, -0.2) is 16.0 Å². The van der Waals surface area contributed by atoms with Crippen LogP contribution in [0.1, 0.15) is 24.0 Å². The van der Waals surface area contributed by atoms with Crippen molar-refractivity contribution >= 4 is 11.8 Å². The molecule has 0 saturated heterocycles. The lowest BCUT2D eigenvalue weighted by Crippen LogP contribution is -2.16. The van der Waals surface area contributed by atoms with Crippen LogP contribution in [0.3, 0.4) is 0 Å². The average molecular weight is 289 g/mol. The standard InChI is InChI=1S/C15H16FN3S/c1-10-7-18-15(19-8-10)20-14-5-2-12(16)6-11(14)9-17-13-3-4-13/h2,5-8,13,17H,3-4,9H2,1H3. The van der Waals surface area contributed by atoms with Crippen molar-refractivity contribution in [2.45, 2.75) is 42.4 Å². The highest BCUT2D eigenvalue weighted by Gasteiger charge is 2.20. The number of nitrogens with zero attached hydrogens (tertiary/aromatic N) is 2. The molecule has 0 atom stereocenters. The summed E-state index contributed by atoms with van der Waals surface area (Å²) in [6, 6.07) is 5.47. The Labute approximate surface area is 122 Å². The van der Waals surface area contributed by atoms with Gasteiger partial charge in [0.2, 0.25) is 0 Å². The molecule has 0 aliphatic heterocycles. The summed E-state index contributed by atoms with van der Waals surface area (Å²) in [4.78, 5) is 9.57. The van der Waals surface area contributed by atoms with Gasteiger partial charge in [-0.05, 0) is 60.9 Å². The van der Waals surface area contributed by atoms with E-state index in [0.29, 0.717) is 17.7 Å². The fraction of sp³-hybridized carbons (Fsp3) is 0.333. The van der Waals surface area contributed by atoms with Crippen molar-refractivity contribution in [1.29, 1.82) is 0 Å². The van der Waals surface area contributed by atoms with E-state index < -0.39 is 0 Å². The molecular formula is C15H16FN3S. The zero-order valence-electron chi connectivity index (χ0n) is 11.3. The van der Waals surface area contributed by atoms with E-state index in [1.54, 1.807) is 24.5 Å². The first-order valence-corrected chi connectivity index (χ1v) is 7.51. The predicted octanol–water partition coefficient (Wildman–Crippen LogP) is 3.33. The van der Waals surface area contributed by atoms with Crippen LogP contribution in [0.15, 0.2) is 40.6 Å². The van der Waals surface area contributed by atoms with Gasteiger partial charge in [0, 0.05) is 29.9 Å². The van der Waals surface area contributed by atoms with Crippen molar-refractivity contribution in [1.82, 2.24) is 15.3 Å². The minimum Gasteiger partial charge on any atom is -0.310 e. The Morgan fingerprint density at radius 3 is 2.75 bits per heavy atom. The van der Waals surface area contributed by atoms with Crippen molar-refractivity contribution in [2.24, 2.45) is 0 Å². The Kier molecular flexibility index (Phi) is 3.98. The molecule has 1 fully saturated rings. The third kappa shape index (κ3) is 3.55. The van der Waals surface area contributed by atoms with Crippen LogP contribution < -0.4 is 5.32 Å². The van der Waals surface area contributed by atoms with Gasteiger partial charge in [-0.1, -0.05) is 0 Å². The zero-order chi connectivity index (χ0) is 13.9. The SMILES string of the molecule is Cc1cnc(Sc2ccc(F)cc2CNC2CC2)nc1. The van der Waals surface area contributed by atoms with Crippen LogP contribution in [0.4, 0.5) is 4.39 Å². The lowest BCUT2D eigenvalue weighted by molar-refractivity contribution is 0.616. The predicted molar refractivity (Wildman–Crippen MR) is 77.2 cm³/mol. The summed E-state index contributed by atoms with van der Waals surface area (Å²) in [5, 5.41) is 4.10. The molecule has 1 aliphatic rings. The molecule has 3 rings (SSSR count). The van der Waals surface area contributed by atoms with Gasteiger partial charge in [0.1, 0.15) is 5.82 Å². The smallest absolute Gasteiger partial charge is 0.192 e. The zero-order valence-corrected chi connectivity index (χ0v) is 12.1. The van der Waals surface area contributed by atoms with Crippen molar-refractivity contribution < 1.29 is 4.39 Å². The fourth-order valence-electron chi connectivity index (χ4n) is 1.86. The van der Waals surface area contributed by atoms with Gasteiger partial charge < -0.3 is 5.32 Å². The lowest BCUT2D eigenvalue weighted by Gasteiger charge is -2.09. The quantitative estimate of drug-likeness (QED) is 0.857. The summed E-state index contributed by atoms with van der Waals surface area (Å²) in [5.74, 6) is -0.202. The van der Waals surface area contributed by atoms with Gasteiger partial charge in [-0.25, -0.2) is 14.4 Å². The topological polar surface area (TPSA) is 37.8 Å². The molecule has 0 bridgehead atoms. The molecule has 1 heterocycles. The third-order valence-electron chi connectivity index (χ3n) is 3.14. The average Bonchev–Trinajstić information content (AvgIpc) is 3.25. The molecule has 0 spiro atoms. The molecule has 3 nitrogen and oxygen atoms in total. The van der Waals surface area contributed by atoms with Gasteiger partial charge in [0.05, 0.1) is 0 Å². The first-order valence-electron chi connectivity index (χ1n) is 6.69. The number of benzene rings is 1. The molecule has 1 saturated carbocycles. The van der Waals surface area contributed by atoms with E-state index in [1.807, 2.05) is 6.92 Å². The Bertz CT molecular complexity index is 597. The number of rotatable bonds is 5. The van der Waals surface area contributed by atoms with E-state index in [9.17, 15) is 4.39 Å². The molecule has 0 amide bonds. The maximum absolute atomic E-state index is 13.4. The highest BCUT2D eigenvalue weighted by atomic mass is 32.2. The van der Waals surface area contributed by atoms with Crippen molar-refractivity contribution in [2.75, 3.05) is 0 Å². The summed E-state index contributed by atoms with van der Waals surface area (Å²) in [7, 11) is 0. The number of hydrogen-bond donors (Lipinski definition) is 1. The first-order chi connectivity index (χ1) is 9.70. The van der Waals surface area contributed by atoms with Gasteiger partial charge >= 0.3 is 0 Å². The second-order valence-corrected chi connectivity index (χ2v) is 6.06. The summed E-state index contributed by atoms with van der Waals surface area (Å²) in [6.45, 7) is 2.65. The Hall–Kier alpha value is -1.46. The van der Waals surface area contributed by atoms with E-state index >= 15 is 0 Å². The van der Waals surface area contributed by atoms with Crippen LogP contribution in [0.5, 0.6) is 0 Å². The molecule has 104 valence electrons. The number of halogens is 1. The Morgan fingerprint density at radius 2 is 2.05 bits per heavy atom. The number of aryl methyl sites for hydroxylation is 1. The van der Waals surface area contributed by atoms with E-state index in [0.717, 1.165) is 16.0 Å². The summed E-state index contributed by atoms with van der Waals surface area (Å²) < 4.78 is 13.4. The van der Waals surface area contributed by atoms with Gasteiger partial charge in [-0.2, -0.15) is 0 Å². The molecule has 1 aromatic heterocycles. The Balaban J connectivity index is 1.77. The maximum atomic E-state index is 13.4. The minimum absolute atomic E-state index is 0.202. The van der Waals surface area contributed by atoms with E-state index in [1.165, 1.54) is 30.7 Å². The van der Waals surface area contributed by atoms with Gasteiger partial charge in [0.25, 0.3) is 0 Å². The molecular weight excluding hydrogens is 273 g/mol. The summed E-state index contributed by atoms with van der Waals surface area (Å²) >= 11 is 1.47. The highest BCUT2D eigenvalue weighted by molar-refractivity contribution is 7.99. The Morgan fingerprint density at radius 1 is 1.30 bits per heavy atom. The van der Waals surface area contributed by atoms with E-state index in [-0.39, 0.29) is 5.82 Å². The van der Waals surface area contributed by atoms with Crippen LogP contribution in [0.2, 0.25) is 0 Å².